The third-order valence-corrected chi connectivity index (χ3v) is 6.74. The van der Waals surface area contributed by atoms with Crippen molar-refractivity contribution in [2.75, 3.05) is 6.54 Å². The Morgan fingerprint density at radius 1 is 0.914 bits per heavy atom. The van der Waals surface area contributed by atoms with Gasteiger partial charge >= 0.3 is 6.18 Å². The van der Waals surface area contributed by atoms with Crippen LogP contribution in [0, 0.1) is 16.0 Å². The lowest BCUT2D eigenvalue weighted by Gasteiger charge is -2.30. The molecule has 5 nitrogen and oxygen atoms in total. The lowest BCUT2D eigenvalue weighted by atomic mass is 9.89. The van der Waals surface area contributed by atoms with E-state index >= 15 is 0 Å². The van der Waals surface area contributed by atoms with Crippen LogP contribution in [0.1, 0.15) is 54.5 Å². The first-order chi connectivity index (χ1) is 16.8. The number of nitro benzene ring substituents is 1. The summed E-state index contributed by atoms with van der Waals surface area (Å²) in [4.78, 5) is 13.0. The van der Waals surface area contributed by atoms with E-state index in [1.54, 1.807) is 12.1 Å². The minimum absolute atomic E-state index is 0.0815. The van der Waals surface area contributed by atoms with Crippen LogP contribution in [0.3, 0.4) is 0 Å². The molecule has 0 unspecified atom stereocenters. The molecule has 1 heterocycles. The first-order valence-electron chi connectivity index (χ1n) is 12.0. The molecule has 1 fully saturated rings. The summed E-state index contributed by atoms with van der Waals surface area (Å²) in [5.74, 6) is 0.625. The van der Waals surface area contributed by atoms with Gasteiger partial charge in [-0.15, -0.1) is 0 Å². The fourth-order valence-corrected chi connectivity index (χ4v) is 4.87. The van der Waals surface area contributed by atoms with E-state index in [1.807, 2.05) is 30.5 Å². The van der Waals surface area contributed by atoms with Crippen LogP contribution in [0.25, 0.3) is 0 Å². The topological polar surface area (TPSA) is 51.3 Å². The van der Waals surface area contributed by atoms with Gasteiger partial charge in [-0.2, -0.15) is 13.2 Å². The van der Waals surface area contributed by atoms with Gasteiger partial charge in [0, 0.05) is 50.2 Å². The van der Waals surface area contributed by atoms with Crippen molar-refractivity contribution < 1.29 is 18.1 Å². The predicted octanol–water partition coefficient (Wildman–Crippen LogP) is 7.05. The molecule has 3 aromatic rings. The van der Waals surface area contributed by atoms with Gasteiger partial charge < -0.3 is 4.57 Å². The average Bonchev–Trinajstić information content (AvgIpc) is 3.26. The predicted molar refractivity (Wildman–Crippen MR) is 129 cm³/mol. The SMILES string of the molecule is O=[N+]([O-])c1ccc(CN(Cc2cccn2Cc2ccc(C(F)(F)F)cc2)CC2CCCCC2)cc1. The maximum Gasteiger partial charge on any atom is 0.416 e. The third kappa shape index (κ3) is 6.94. The van der Waals surface area contributed by atoms with E-state index in [-0.39, 0.29) is 5.69 Å². The lowest BCUT2D eigenvalue weighted by molar-refractivity contribution is -0.384. The van der Waals surface area contributed by atoms with Crippen LogP contribution in [0.4, 0.5) is 18.9 Å². The molecule has 1 aliphatic carbocycles. The number of aromatic nitrogens is 1. The van der Waals surface area contributed by atoms with Crippen LogP contribution in [0.15, 0.2) is 66.9 Å². The van der Waals surface area contributed by atoms with Gasteiger partial charge in [0.2, 0.25) is 0 Å². The zero-order valence-electron chi connectivity index (χ0n) is 19.6. The monoisotopic (exact) mass is 485 g/mol. The van der Waals surface area contributed by atoms with Crippen LogP contribution in [0.5, 0.6) is 0 Å². The highest BCUT2D eigenvalue weighted by atomic mass is 19.4. The van der Waals surface area contributed by atoms with E-state index in [0.717, 1.165) is 35.5 Å². The van der Waals surface area contributed by atoms with Gasteiger partial charge in [-0.05, 0) is 54.2 Å². The highest BCUT2D eigenvalue weighted by Gasteiger charge is 2.30. The Morgan fingerprint density at radius 3 is 2.20 bits per heavy atom. The Balaban J connectivity index is 1.48. The summed E-state index contributed by atoms with van der Waals surface area (Å²) in [5.41, 5.74) is 2.35. The largest absolute Gasteiger partial charge is 0.416 e. The standard InChI is InChI=1S/C27H30F3N3O2/c28-27(29,30)24-12-8-23(9-13-24)19-32-16-4-7-26(32)20-31(17-21-5-2-1-3-6-21)18-22-10-14-25(15-11-22)33(34)35/h4,7-16,21H,1-3,5-6,17-20H2. The van der Waals surface area contributed by atoms with E-state index in [1.165, 1.54) is 44.2 Å². The molecule has 0 spiro atoms. The Kier molecular flexibility index (Phi) is 7.90. The quantitative estimate of drug-likeness (QED) is 0.241. The summed E-state index contributed by atoms with van der Waals surface area (Å²) >= 11 is 0. The van der Waals surface area contributed by atoms with Crippen LogP contribution >= 0.6 is 0 Å². The van der Waals surface area contributed by atoms with Crippen molar-refractivity contribution in [3.63, 3.8) is 0 Å². The highest BCUT2D eigenvalue weighted by molar-refractivity contribution is 5.33. The van der Waals surface area contributed by atoms with E-state index in [9.17, 15) is 23.3 Å². The number of non-ortho nitro benzene ring substituents is 1. The van der Waals surface area contributed by atoms with Crippen molar-refractivity contribution in [1.82, 2.24) is 9.47 Å². The van der Waals surface area contributed by atoms with Gasteiger partial charge in [0.25, 0.3) is 5.69 Å². The van der Waals surface area contributed by atoms with Crippen molar-refractivity contribution in [2.24, 2.45) is 5.92 Å². The zero-order valence-corrected chi connectivity index (χ0v) is 19.6. The molecule has 4 rings (SSSR count). The van der Waals surface area contributed by atoms with Gasteiger partial charge in [-0.1, -0.05) is 43.5 Å². The molecule has 0 N–H and O–H groups in total. The molecule has 8 heteroatoms. The van der Waals surface area contributed by atoms with Crippen molar-refractivity contribution in [2.45, 2.75) is 57.9 Å². The number of benzene rings is 2. The Bertz CT molecular complexity index is 1100. The second-order valence-corrected chi connectivity index (χ2v) is 9.42. The first kappa shape index (κ1) is 25.0. The van der Waals surface area contributed by atoms with Crippen LogP contribution in [0.2, 0.25) is 0 Å². The molecule has 0 aliphatic heterocycles. The van der Waals surface area contributed by atoms with Gasteiger partial charge in [0.05, 0.1) is 10.5 Å². The second kappa shape index (κ2) is 11.1. The molecule has 0 radical (unpaired) electrons. The number of rotatable bonds is 9. The maximum absolute atomic E-state index is 12.9. The first-order valence-corrected chi connectivity index (χ1v) is 12.0. The summed E-state index contributed by atoms with van der Waals surface area (Å²) in [5, 5.41) is 11.0. The van der Waals surface area contributed by atoms with Crippen molar-refractivity contribution in [3.05, 3.63) is 99.4 Å². The molecule has 1 aromatic heterocycles. The Labute approximate surface area is 203 Å². The van der Waals surface area contributed by atoms with Crippen molar-refractivity contribution in [1.29, 1.82) is 0 Å². The van der Waals surface area contributed by atoms with Gasteiger partial charge in [-0.3, -0.25) is 15.0 Å². The number of alkyl halides is 3. The Hall–Kier alpha value is -3.13. The summed E-state index contributed by atoms with van der Waals surface area (Å²) in [7, 11) is 0. The van der Waals surface area contributed by atoms with Crippen molar-refractivity contribution in [3.8, 4) is 0 Å². The smallest absolute Gasteiger partial charge is 0.346 e. The van der Waals surface area contributed by atoms with E-state index in [4.69, 9.17) is 0 Å². The minimum atomic E-state index is -4.34. The fraction of sp³-hybridized carbons (Fsp3) is 0.407. The molecule has 0 bridgehead atoms. The van der Waals surface area contributed by atoms with Crippen LogP contribution in [-0.4, -0.2) is 20.9 Å². The van der Waals surface area contributed by atoms with E-state index in [2.05, 4.69) is 9.47 Å². The summed E-state index contributed by atoms with van der Waals surface area (Å²) in [6.07, 6.45) is 3.83. The Morgan fingerprint density at radius 2 is 1.57 bits per heavy atom. The normalized spacial score (nSPS) is 15.0. The molecule has 35 heavy (non-hydrogen) atoms. The lowest BCUT2D eigenvalue weighted by Crippen LogP contribution is -2.30. The maximum atomic E-state index is 12.9. The molecule has 1 saturated carbocycles. The highest BCUT2D eigenvalue weighted by Crippen LogP contribution is 2.29. The fourth-order valence-electron chi connectivity index (χ4n) is 4.87. The summed E-state index contributed by atoms with van der Waals surface area (Å²) < 4.78 is 40.8. The average molecular weight is 486 g/mol. The number of hydrogen-bond donors (Lipinski definition) is 0. The van der Waals surface area contributed by atoms with Crippen molar-refractivity contribution >= 4 is 5.69 Å². The minimum Gasteiger partial charge on any atom is -0.346 e. The van der Waals surface area contributed by atoms with E-state index < -0.39 is 16.7 Å². The number of nitrogens with zero attached hydrogens (tertiary/aromatic N) is 3. The number of nitro groups is 1. The third-order valence-electron chi connectivity index (χ3n) is 6.74. The summed E-state index contributed by atoms with van der Waals surface area (Å²) in [6.45, 7) is 2.82. The van der Waals surface area contributed by atoms with E-state index in [0.29, 0.717) is 25.6 Å². The van der Waals surface area contributed by atoms with Gasteiger partial charge in [-0.25, -0.2) is 0 Å². The molecule has 0 atom stereocenters. The molecule has 1 aliphatic rings. The molecular weight excluding hydrogens is 455 g/mol. The van der Waals surface area contributed by atoms with Crippen LogP contribution in [-0.2, 0) is 25.8 Å². The molecule has 0 saturated heterocycles. The molecular formula is C27H30F3N3O2. The molecule has 2 aromatic carbocycles. The second-order valence-electron chi connectivity index (χ2n) is 9.42. The summed E-state index contributed by atoms with van der Waals surface area (Å²) in [6, 6.07) is 16.0. The molecule has 0 amide bonds. The zero-order chi connectivity index (χ0) is 24.8. The van der Waals surface area contributed by atoms with Crippen LogP contribution < -0.4 is 0 Å². The van der Waals surface area contributed by atoms with Gasteiger partial charge in [0.1, 0.15) is 0 Å². The van der Waals surface area contributed by atoms with Gasteiger partial charge in [0.15, 0.2) is 0 Å². The number of hydrogen-bond acceptors (Lipinski definition) is 3. The molecule has 186 valence electrons. The number of halogens is 3.